The van der Waals surface area contributed by atoms with Gasteiger partial charge in [0.2, 0.25) is 0 Å². The van der Waals surface area contributed by atoms with Gasteiger partial charge in [0.15, 0.2) is 0 Å². The van der Waals surface area contributed by atoms with Gasteiger partial charge in [0, 0.05) is 34.0 Å². The fourth-order valence-corrected chi connectivity index (χ4v) is 5.54. The highest BCUT2D eigenvalue weighted by Gasteiger charge is 2.26. The Kier molecular flexibility index (Phi) is 13.4. The Morgan fingerprint density at radius 3 is 2.22 bits per heavy atom. The molecule has 0 bridgehead atoms. The lowest BCUT2D eigenvalue weighted by Gasteiger charge is -2.16. The molecule has 0 spiro atoms. The molecule has 2 heterocycles. The highest BCUT2D eigenvalue weighted by molar-refractivity contribution is 7.15. The van der Waals surface area contributed by atoms with Gasteiger partial charge in [0.1, 0.15) is 23.3 Å². The van der Waals surface area contributed by atoms with Crippen molar-refractivity contribution in [2.45, 2.75) is 40.5 Å². The quantitative estimate of drug-likeness (QED) is 0.123. The van der Waals surface area contributed by atoms with Gasteiger partial charge in [-0.05, 0) is 44.9 Å². The topological polar surface area (TPSA) is 135 Å². The first kappa shape index (κ1) is 32.8. The van der Waals surface area contributed by atoms with E-state index in [-0.39, 0.29) is 19.2 Å². The molecule has 224 valence electrons. The van der Waals surface area contributed by atoms with Crippen LogP contribution in [0, 0.1) is 32.1 Å². The number of halogens is 1. The van der Waals surface area contributed by atoms with Crippen LogP contribution >= 0.6 is 22.9 Å². The second-order valence-corrected chi connectivity index (χ2v) is 11.1. The summed E-state index contributed by atoms with van der Waals surface area (Å²) >= 11 is 7.66. The molecular weight excluding hydrogens is 566 g/mol. The van der Waals surface area contributed by atoms with Crippen molar-refractivity contribution in [1.29, 1.82) is 5.41 Å². The van der Waals surface area contributed by atoms with Crippen molar-refractivity contribution in [3.05, 3.63) is 62.5 Å². The van der Waals surface area contributed by atoms with Crippen molar-refractivity contribution >= 4 is 34.6 Å². The standard InChI is InChI=1S/C29H40ClN5O5S/c1-5-22(29(36)40-17-16-39-15-14-38-13-12-37-11-10-31)18-25-34-33-21(4)35(25)28-26(19(2)20(3)41-28)27(32)23-6-8-24(30)9-7-23/h6-9,22,32H,5,10-18,31H2,1-4H3. The lowest BCUT2D eigenvalue weighted by molar-refractivity contribution is -0.150. The van der Waals surface area contributed by atoms with Crippen LogP contribution in [0.5, 0.6) is 0 Å². The molecule has 3 aromatic rings. The zero-order valence-corrected chi connectivity index (χ0v) is 25.8. The molecule has 1 aromatic carbocycles. The maximum Gasteiger partial charge on any atom is 0.309 e. The van der Waals surface area contributed by atoms with Crippen molar-refractivity contribution in [3.8, 4) is 5.00 Å². The number of aryl methyl sites for hydroxylation is 2. The molecule has 1 unspecified atom stereocenters. The van der Waals surface area contributed by atoms with Crippen LogP contribution in [0.4, 0.5) is 0 Å². The number of thiophene rings is 1. The number of nitrogens with one attached hydrogen (secondary N) is 1. The molecule has 3 rings (SSSR count). The van der Waals surface area contributed by atoms with Crippen LogP contribution in [0.15, 0.2) is 24.3 Å². The Labute approximate surface area is 250 Å². The van der Waals surface area contributed by atoms with E-state index in [0.29, 0.717) is 74.8 Å². The van der Waals surface area contributed by atoms with Crippen LogP contribution in [-0.4, -0.2) is 79.2 Å². The average Bonchev–Trinajstić information content (AvgIpc) is 3.47. The maximum absolute atomic E-state index is 12.9. The van der Waals surface area contributed by atoms with Gasteiger partial charge in [-0.2, -0.15) is 0 Å². The van der Waals surface area contributed by atoms with Crippen LogP contribution in [0.25, 0.3) is 5.00 Å². The summed E-state index contributed by atoms with van der Waals surface area (Å²) < 4.78 is 23.6. The van der Waals surface area contributed by atoms with Crippen molar-refractivity contribution < 1.29 is 23.7 Å². The molecule has 10 nitrogen and oxygen atoms in total. The molecule has 3 N–H and O–H groups in total. The Hall–Kier alpha value is -2.67. The van der Waals surface area contributed by atoms with Crippen LogP contribution in [-0.2, 0) is 30.2 Å². The number of nitrogens with two attached hydrogens (primary N) is 1. The number of carbonyl (C=O) groups excluding carboxylic acids is 1. The minimum absolute atomic E-state index is 0.159. The van der Waals surface area contributed by atoms with Crippen molar-refractivity contribution in [2.75, 3.05) is 52.8 Å². The molecule has 41 heavy (non-hydrogen) atoms. The molecule has 0 saturated heterocycles. The molecular formula is C29H40ClN5O5S. The first-order chi connectivity index (χ1) is 19.8. The summed E-state index contributed by atoms with van der Waals surface area (Å²) in [4.78, 5) is 14.0. The van der Waals surface area contributed by atoms with E-state index < -0.39 is 5.92 Å². The number of ether oxygens (including phenoxy) is 4. The summed E-state index contributed by atoms with van der Waals surface area (Å²) in [7, 11) is 0. The molecule has 2 aromatic heterocycles. The summed E-state index contributed by atoms with van der Waals surface area (Å²) in [6.45, 7) is 11.2. The molecule has 1 atom stereocenters. The molecule has 0 fully saturated rings. The lowest BCUT2D eigenvalue weighted by Crippen LogP contribution is -2.23. The van der Waals surface area contributed by atoms with E-state index in [4.69, 9.17) is 41.7 Å². The van der Waals surface area contributed by atoms with Crippen molar-refractivity contribution in [2.24, 2.45) is 11.7 Å². The second-order valence-electron chi connectivity index (χ2n) is 9.45. The molecule has 0 amide bonds. The Balaban J connectivity index is 1.61. The predicted octanol–water partition coefficient (Wildman–Crippen LogP) is 4.44. The minimum atomic E-state index is -0.393. The summed E-state index contributed by atoms with van der Waals surface area (Å²) in [5, 5.41) is 19.2. The van der Waals surface area contributed by atoms with Crippen LogP contribution in [0.1, 0.15) is 46.6 Å². The van der Waals surface area contributed by atoms with Crippen molar-refractivity contribution in [1.82, 2.24) is 14.8 Å². The number of rotatable bonds is 18. The zero-order chi connectivity index (χ0) is 29.8. The SMILES string of the molecule is CCC(Cc1nnc(C)n1-c1sc(C)c(C)c1C(=N)c1ccc(Cl)cc1)C(=O)OCCOCCOCCOCCN. The Morgan fingerprint density at radius 2 is 1.61 bits per heavy atom. The van der Waals surface area contributed by atoms with E-state index >= 15 is 0 Å². The summed E-state index contributed by atoms with van der Waals surface area (Å²) in [6, 6.07) is 7.26. The summed E-state index contributed by atoms with van der Waals surface area (Å²) in [5.41, 5.74) is 8.37. The Bertz CT molecular complexity index is 1280. The largest absolute Gasteiger partial charge is 0.463 e. The van der Waals surface area contributed by atoms with Gasteiger partial charge in [-0.1, -0.05) is 30.7 Å². The number of nitrogens with zero attached hydrogens (tertiary/aromatic N) is 3. The third kappa shape index (κ3) is 9.16. The van der Waals surface area contributed by atoms with E-state index in [1.54, 1.807) is 23.5 Å². The highest BCUT2D eigenvalue weighted by Crippen LogP contribution is 2.34. The minimum Gasteiger partial charge on any atom is -0.463 e. The van der Waals surface area contributed by atoms with Gasteiger partial charge in [-0.3, -0.25) is 14.8 Å². The van der Waals surface area contributed by atoms with Crippen molar-refractivity contribution in [3.63, 3.8) is 0 Å². The number of aromatic nitrogens is 3. The zero-order valence-electron chi connectivity index (χ0n) is 24.2. The van der Waals surface area contributed by atoms with E-state index in [1.807, 2.05) is 44.4 Å². The molecule has 0 radical (unpaired) electrons. The molecule has 0 aliphatic heterocycles. The number of hydrogen-bond donors (Lipinski definition) is 2. The van der Waals surface area contributed by atoms with Gasteiger partial charge in [0.25, 0.3) is 0 Å². The van der Waals surface area contributed by atoms with E-state index in [9.17, 15) is 4.79 Å². The third-order valence-electron chi connectivity index (χ3n) is 6.58. The smallest absolute Gasteiger partial charge is 0.309 e. The summed E-state index contributed by atoms with van der Waals surface area (Å²) in [6.07, 6.45) is 0.947. The second kappa shape index (κ2) is 16.7. The van der Waals surface area contributed by atoms with E-state index in [1.165, 1.54) is 0 Å². The summed E-state index contributed by atoms with van der Waals surface area (Å²) in [5.74, 6) is 0.650. The number of carbonyl (C=O) groups is 1. The monoisotopic (exact) mass is 605 g/mol. The fourth-order valence-electron chi connectivity index (χ4n) is 4.18. The van der Waals surface area contributed by atoms with Gasteiger partial charge in [-0.15, -0.1) is 21.5 Å². The molecule has 0 aliphatic rings. The normalized spacial score (nSPS) is 12.0. The van der Waals surface area contributed by atoms with E-state index in [2.05, 4.69) is 10.2 Å². The van der Waals surface area contributed by atoms with Gasteiger partial charge >= 0.3 is 5.97 Å². The van der Waals surface area contributed by atoms with E-state index in [0.717, 1.165) is 26.6 Å². The first-order valence-electron chi connectivity index (χ1n) is 13.7. The molecule has 0 saturated carbocycles. The Morgan fingerprint density at radius 1 is 1.00 bits per heavy atom. The van der Waals surface area contributed by atoms with Gasteiger partial charge in [0.05, 0.1) is 51.3 Å². The molecule has 12 heteroatoms. The van der Waals surface area contributed by atoms with Crippen LogP contribution in [0.3, 0.4) is 0 Å². The van der Waals surface area contributed by atoms with Crippen LogP contribution in [0.2, 0.25) is 5.02 Å². The lowest BCUT2D eigenvalue weighted by atomic mass is 9.99. The van der Waals surface area contributed by atoms with Gasteiger partial charge in [-0.25, -0.2) is 0 Å². The van der Waals surface area contributed by atoms with Crippen LogP contribution < -0.4 is 5.73 Å². The highest BCUT2D eigenvalue weighted by atomic mass is 35.5. The molecule has 0 aliphatic carbocycles. The fraction of sp³-hybridized carbons (Fsp3) is 0.517. The van der Waals surface area contributed by atoms with Gasteiger partial charge < -0.3 is 24.7 Å². The predicted molar refractivity (Wildman–Crippen MR) is 161 cm³/mol. The maximum atomic E-state index is 12.9. The first-order valence-corrected chi connectivity index (χ1v) is 14.9. The average molecular weight is 606 g/mol. The third-order valence-corrected chi connectivity index (χ3v) is 8.02. The number of esters is 1. The number of hydrogen-bond acceptors (Lipinski definition) is 10. The number of benzene rings is 1.